The summed E-state index contributed by atoms with van der Waals surface area (Å²) in [6.45, 7) is 0.594. The number of nitrogens with one attached hydrogen (secondary N) is 2. The van der Waals surface area contributed by atoms with Gasteiger partial charge in [-0.05, 0) is 24.1 Å². The molecule has 5 nitrogen and oxygen atoms in total. The van der Waals surface area contributed by atoms with Gasteiger partial charge in [0.2, 0.25) is 11.8 Å². The smallest absolute Gasteiger partial charge is 0.243 e. The Hall–Kier alpha value is -1.88. The molecule has 0 aliphatic carbocycles. The van der Waals surface area contributed by atoms with Crippen molar-refractivity contribution in [3.05, 3.63) is 29.8 Å². The van der Waals surface area contributed by atoms with Crippen LogP contribution in [0.1, 0.15) is 18.4 Å². The van der Waals surface area contributed by atoms with Gasteiger partial charge < -0.3 is 10.1 Å². The van der Waals surface area contributed by atoms with Crippen LogP contribution < -0.4 is 15.4 Å². The molecule has 1 heterocycles. The van der Waals surface area contributed by atoms with Crippen molar-refractivity contribution in [1.82, 2.24) is 10.6 Å². The molecule has 1 aliphatic heterocycles. The third kappa shape index (κ3) is 3.07. The van der Waals surface area contributed by atoms with E-state index in [1.54, 1.807) is 7.11 Å². The maximum Gasteiger partial charge on any atom is 0.243 e. The zero-order valence-electron chi connectivity index (χ0n) is 10.2. The lowest BCUT2D eigenvalue weighted by molar-refractivity contribution is -0.134. The van der Waals surface area contributed by atoms with E-state index >= 15 is 0 Å². The fraction of sp³-hybridized carbons (Fsp3) is 0.385. The molecule has 96 valence electrons. The predicted octanol–water partition coefficient (Wildman–Crippen LogP) is 0.590. The molecule has 1 aromatic rings. The Balaban J connectivity index is 1.87. The molecule has 1 atom stereocenters. The fourth-order valence-electron chi connectivity index (χ4n) is 1.87. The van der Waals surface area contributed by atoms with E-state index in [0.717, 1.165) is 11.3 Å². The van der Waals surface area contributed by atoms with Crippen molar-refractivity contribution >= 4 is 11.8 Å². The Morgan fingerprint density at radius 1 is 1.33 bits per heavy atom. The highest BCUT2D eigenvalue weighted by Crippen LogP contribution is 2.12. The van der Waals surface area contributed by atoms with Gasteiger partial charge in [0.05, 0.1) is 13.2 Å². The van der Waals surface area contributed by atoms with Gasteiger partial charge in [-0.2, -0.15) is 0 Å². The summed E-state index contributed by atoms with van der Waals surface area (Å²) in [4.78, 5) is 22.5. The molecule has 0 saturated carbocycles. The summed E-state index contributed by atoms with van der Waals surface area (Å²) in [6, 6.07) is 7.35. The SMILES string of the molecule is COc1ccc(CNC2CCC(=O)NC2=O)cc1. The largest absolute Gasteiger partial charge is 0.497 e. The number of methoxy groups -OCH3 is 1. The zero-order valence-corrected chi connectivity index (χ0v) is 10.2. The van der Waals surface area contributed by atoms with E-state index in [1.807, 2.05) is 24.3 Å². The quantitative estimate of drug-likeness (QED) is 0.765. The van der Waals surface area contributed by atoms with Gasteiger partial charge in [0.1, 0.15) is 5.75 Å². The monoisotopic (exact) mass is 248 g/mol. The Kier molecular flexibility index (Phi) is 3.94. The van der Waals surface area contributed by atoms with Gasteiger partial charge in [-0.3, -0.25) is 14.9 Å². The van der Waals surface area contributed by atoms with E-state index in [1.165, 1.54) is 0 Å². The Morgan fingerprint density at radius 2 is 2.06 bits per heavy atom. The standard InChI is InChI=1S/C13H16N2O3/c1-18-10-4-2-9(3-5-10)8-14-11-6-7-12(16)15-13(11)17/h2-5,11,14H,6-8H2,1H3,(H,15,16,17). The lowest BCUT2D eigenvalue weighted by Crippen LogP contribution is -2.50. The number of piperidine rings is 1. The van der Waals surface area contributed by atoms with Crippen LogP contribution in [0.25, 0.3) is 0 Å². The van der Waals surface area contributed by atoms with Crippen LogP contribution in [0, 0.1) is 0 Å². The molecule has 2 amide bonds. The third-order valence-electron chi connectivity index (χ3n) is 2.95. The minimum absolute atomic E-state index is 0.192. The number of hydrogen-bond acceptors (Lipinski definition) is 4. The first kappa shape index (κ1) is 12.6. The average Bonchev–Trinajstić information content (AvgIpc) is 2.38. The van der Waals surface area contributed by atoms with Gasteiger partial charge in [0, 0.05) is 13.0 Å². The number of rotatable bonds is 4. The van der Waals surface area contributed by atoms with Crippen molar-refractivity contribution in [1.29, 1.82) is 0 Å². The zero-order chi connectivity index (χ0) is 13.0. The molecule has 0 radical (unpaired) electrons. The third-order valence-corrected chi connectivity index (χ3v) is 2.95. The lowest BCUT2D eigenvalue weighted by atomic mass is 10.1. The molecule has 2 N–H and O–H groups in total. The lowest BCUT2D eigenvalue weighted by Gasteiger charge is -2.21. The highest BCUT2D eigenvalue weighted by atomic mass is 16.5. The summed E-state index contributed by atoms with van der Waals surface area (Å²) in [6.07, 6.45) is 0.951. The molecule has 0 bridgehead atoms. The van der Waals surface area contributed by atoms with Crippen molar-refractivity contribution in [2.45, 2.75) is 25.4 Å². The molecule has 1 saturated heterocycles. The summed E-state index contributed by atoms with van der Waals surface area (Å²) in [5, 5.41) is 5.46. The number of ether oxygens (including phenoxy) is 1. The van der Waals surface area contributed by atoms with Crippen molar-refractivity contribution in [2.75, 3.05) is 7.11 Å². The number of imide groups is 1. The summed E-state index contributed by atoms with van der Waals surface area (Å²) < 4.78 is 5.07. The van der Waals surface area contributed by atoms with Gasteiger partial charge in [0.15, 0.2) is 0 Å². The van der Waals surface area contributed by atoms with Crippen molar-refractivity contribution in [3.63, 3.8) is 0 Å². The molecule has 0 aromatic heterocycles. The van der Waals surface area contributed by atoms with E-state index in [2.05, 4.69) is 10.6 Å². The van der Waals surface area contributed by atoms with Crippen molar-refractivity contribution < 1.29 is 14.3 Å². The molecular weight excluding hydrogens is 232 g/mol. The van der Waals surface area contributed by atoms with Gasteiger partial charge in [-0.25, -0.2) is 0 Å². The Labute approximate surface area is 106 Å². The normalized spacial score (nSPS) is 19.5. The summed E-state index contributed by atoms with van der Waals surface area (Å²) >= 11 is 0. The van der Waals surface area contributed by atoms with Crippen molar-refractivity contribution in [2.24, 2.45) is 0 Å². The van der Waals surface area contributed by atoms with Crippen LogP contribution in [0.2, 0.25) is 0 Å². The molecule has 2 rings (SSSR count). The van der Waals surface area contributed by atoms with Crippen LogP contribution in [0.4, 0.5) is 0 Å². The summed E-state index contributed by atoms with van der Waals surface area (Å²) in [7, 11) is 1.62. The first-order chi connectivity index (χ1) is 8.69. The second-order valence-electron chi connectivity index (χ2n) is 4.23. The first-order valence-corrected chi connectivity index (χ1v) is 5.89. The van der Waals surface area contributed by atoms with Crippen LogP contribution >= 0.6 is 0 Å². The van der Waals surface area contributed by atoms with Crippen LogP contribution in [0.3, 0.4) is 0 Å². The number of carbonyl (C=O) groups is 2. The predicted molar refractivity (Wildman–Crippen MR) is 66.0 cm³/mol. The van der Waals surface area contributed by atoms with E-state index in [4.69, 9.17) is 4.74 Å². The van der Waals surface area contributed by atoms with E-state index in [0.29, 0.717) is 19.4 Å². The van der Waals surface area contributed by atoms with E-state index < -0.39 is 0 Å². The van der Waals surface area contributed by atoms with Gasteiger partial charge >= 0.3 is 0 Å². The number of carbonyl (C=O) groups excluding carboxylic acids is 2. The molecule has 1 aromatic carbocycles. The maximum absolute atomic E-state index is 11.5. The highest BCUT2D eigenvalue weighted by Gasteiger charge is 2.25. The Morgan fingerprint density at radius 3 is 2.67 bits per heavy atom. The molecule has 1 aliphatic rings. The van der Waals surface area contributed by atoms with Crippen LogP contribution in [0.5, 0.6) is 5.75 Å². The first-order valence-electron chi connectivity index (χ1n) is 5.89. The van der Waals surface area contributed by atoms with E-state index in [9.17, 15) is 9.59 Å². The second kappa shape index (κ2) is 5.64. The van der Waals surface area contributed by atoms with Crippen LogP contribution in [0.15, 0.2) is 24.3 Å². The topological polar surface area (TPSA) is 67.4 Å². The molecule has 5 heteroatoms. The number of benzene rings is 1. The Bertz CT molecular complexity index is 442. The second-order valence-corrected chi connectivity index (χ2v) is 4.23. The molecule has 18 heavy (non-hydrogen) atoms. The summed E-state index contributed by atoms with van der Waals surface area (Å²) in [5.74, 6) is 0.377. The van der Waals surface area contributed by atoms with Crippen LogP contribution in [-0.2, 0) is 16.1 Å². The molecule has 1 fully saturated rings. The van der Waals surface area contributed by atoms with Gasteiger partial charge in [0.25, 0.3) is 0 Å². The minimum Gasteiger partial charge on any atom is -0.497 e. The number of amides is 2. The van der Waals surface area contributed by atoms with E-state index in [-0.39, 0.29) is 17.9 Å². The minimum atomic E-state index is -0.287. The summed E-state index contributed by atoms with van der Waals surface area (Å²) in [5.41, 5.74) is 1.07. The number of hydrogen-bond donors (Lipinski definition) is 2. The van der Waals surface area contributed by atoms with Crippen LogP contribution in [-0.4, -0.2) is 25.0 Å². The average molecular weight is 248 g/mol. The fourth-order valence-corrected chi connectivity index (χ4v) is 1.87. The van der Waals surface area contributed by atoms with Crippen molar-refractivity contribution in [3.8, 4) is 5.75 Å². The molecule has 0 spiro atoms. The van der Waals surface area contributed by atoms with Gasteiger partial charge in [-0.15, -0.1) is 0 Å². The maximum atomic E-state index is 11.5. The molecular formula is C13H16N2O3. The molecule has 1 unspecified atom stereocenters. The highest BCUT2D eigenvalue weighted by molar-refractivity contribution is 6.00. The van der Waals surface area contributed by atoms with Gasteiger partial charge in [-0.1, -0.05) is 12.1 Å².